The van der Waals surface area contributed by atoms with E-state index < -0.39 is 23.6 Å². The van der Waals surface area contributed by atoms with Crippen molar-refractivity contribution in [2.45, 2.75) is 0 Å². The van der Waals surface area contributed by atoms with Crippen molar-refractivity contribution in [3.05, 3.63) is 107 Å². The quantitative estimate of drug-likeness (QED) is 0.451. The first kappa shape index (κ1) is 18.2. The van der Waals surface area contributed by atoms with Crippen LogP contribution in [0.5, 0.6) is 0 Å². The summed E-state index contributed by atoms with van der Waals surface area (Å²) in [5, 5.41) is 0.716. The van der Waals surface area contributed by atoms with Gasteiger partial charge in [-0.3, -0.25) is 19.2 Å². The number of para-hydroxylation sites is 2. The zero-order valence-corrected chi connectivity index (χ0v) is 16.6. The van der Waals surface area contributed by atoms with Gasteiger partial charge in [0, 0.05) is 33.0 Å². The third-order valence-corrected chi connectivity index (χ3v) is 5.92. The van der Waals surface area contributed by atoms with Crippen LogP contribution in [0.15, 0.2) is 84.9 Å². The molecule has 4 aromatic rings. The van der Waals surface area contributed by atoms with Crippen molar-refractivity contribution < 1.29 is 19.2 Å². The zero-order valence-electron chi connectivity index (χ0n) is 16.6. The Morgan fingerprint density at radius 3 is 0.938 bits per heavy atom. The van der Waals surface area contributed by atoms with Gasteiger partial charge >= 0.3 is 0 Å². The van der Waals surface area contributed by atoms with Gasteiger partial charge < -0.3 is 0 Å². The molecule has 0 radical (unpaired) electrons. The van der Waals surface area contributed by atoms with Gasteiger partial charge in [0.2, 0.25) is 0 Å². The van der Waals surface area contributed by atoms with Crippen LogP contribution < -0.4 is 9.80 Å². The van der Waals surface area contributed by atoms with E-state index in [1.165, 1.54) is 0 Å². The second-order valence-corrected chi connectivity index (χ2v) is 7.63. The van der Waals surface area contributed by atoms with Crippen LogP contribution in [0.3, 0.4) is 0 Å². The molecule has 0 aliphatic carbocycles. The van der Waals surface area contributed by atoms with Gasteiger partial charge in [-0.1, -0.05) is 36.4 Å². The summed E-state index contributed by atoms with van der Waals surface area (Å²) in [6, 6.07) is 23.6. The fourth-order valence-electron chi connectivity index (χ4n) is 4.50. The molecule has 32 heavy (non-hydrogen) atoms. The Labute approximate surface area is 182 Å². The summed E-state index contributed by atoms with van der Waals surface area (Å²) >= 11 is 0. The van der Waals surface area contributed by atoms with Crippen LogP contribution in [-0.4, -0.2) is 23.6 Å². The first-order valence-corrected chi connectivity index (χ1v) is 10.1. The monoisotopic (exact) mass is 418 g/mol. The van der Waals surface area contributed by atoms with Crippen LogP contribution in [0, 0.1) is 0 Å². The molecule has 6 rings (SSSR count). The Morgan fingerprint density at radius 1 is 0.375 bits per heavy atom. The maximum absolute atomic E-state index is 13.3. The van der Waals surface area contributed by atoms with E-state index in [2.05, 4.69) is 0 Å². The molecule has 0 aromatic heterocycles. The lowest BCUT2D eigenvalue weighted by Crippen LogP contribution is -2.43. The van der Waals surface area contributed by atoms with Crippen LogP contribution in [0.1, 0.15) is 41.4 Å². The molecule has 0 fully saturated rings. The lowest BCUT2D eigenvalue weighted by molar-refractivity contribution is 0.0873. The lowest BCUT2D eigenvalue weighted by atomic mass is 9.85. The fraction of sp³-hybridized carbons (Fsp3) is 0. The third kappa shape index (κ3) is 2.29. The standard InChI is InChI=1S/C26H14N2O4/c29-23-17-11-13-19-22-20(26(32)28(25(19)31)16-9-5-2-6-10-16)14-12-18(21(17)22)24(30)27(23)15-7-3-1-4-8-15/h1-14H. The van der Waals surface area contributed by atoms with Gasteiger partial charge in [-0.05, 0) is 48.5 Å². The molecule has 4 amide bonds. The van der Waals surface area contributed by atoms with Gasteiger partial charge in [0.25, 0.3) is 23.6 Å². The third-order valence-electron chi connectivity index (χ3n) is 5.92. The van der Waals surface area contributed by atoms with E-state index in [0.29, 0.717) is 22.1 Å². The van der Waals surface area contributed by atoms with Crippen molar-refractivity contribution in [1.29, 1.82) is 0 Å². The molecule has 0 unspecified atom stereocenters. The van der Waals surface area contributed by atoms with E-state index in [1.54, 1.807) is 84.9 Å². The normalized spacial score (nSPS) is 15.0. The summed E-state index contributed by atoms with van der Waals surface area (Å²) in [7, 11) is 0. The molecule has 2 aliphatic heterocycles. The first-order valence-electron chi connectivity index (χ1n) is 10.1. The van der Waals surface area contributed by atoms with Gasteiger partial charge in [-0.25, -0.2) is 9.80 Å². The summed E-state index contributed by atoms with van der Waals surface area (Å²) in [4.78, 5) is 55.5. The molecule has 4 aromatic carbocycles. The van der Waals surface area contributed by atoms with Crippen molar-refractivity contribution in [3.8, 4) is 0 Å². The maximum Gasteiger partial charge on any atom is 0.265 e. The van der Waals surface area contributed by atoms with Crippen molar-refractivity contribution in [2.75, 3.05) is 9.80 Å². The van der Waals surface area contributed by atoms with E-state index in [-0.39, 0.29) is 22.3 Å². The lowest BCUT2D eigenvalue weighted by Gasteiger charge is -2.31. The summed E-state index contributed by atoms with van der Waals surface area (Å²) in [5.74, 6) is -1.93. The molecule has 0 saturated carbocycles. The number of hydrogen-bond acceptors (Lipinski definition) is 4. The average Bonchev–Trinajstić information content (AvgIpc) is 2.83. The highest BCUT2D eigenvalue weighted by molar-refractivity contribution is 6.42. The van der Waals surface area contributed by atoms with E-state index >= 15 is 0 Å². The summed E-state index contributed by atoms with van der Waals surface area (Å²) in [6.45, 7) is 0. The van der Waals surface area contributed by atoms with E-state index in [4.69, 9.17) is 0 Å². The predicted octanol–water partition coefficient (Wildman–Crippen LogP) is 4.44. The van der Waals surface area contributed by atoms with E-state index in [0.717, 1.165) is 9.80 Å². The highest BCUT2D eigenvalue weighted by Crippen LogP contribution is 2.39. The summed E-state index contributed by atoms with van der Waals surface area (Å²) in [6.07, 6.45) is 0. The summed E-state index contributed by atoms with van der Waals surface area (Å²) < 4.78 is 0. The molecule has 0 saturated heterocycles. The van der Waals surface area contributed by atoms with E-state index in [1.807, 2.05) is 0 Å². The molecular formula is C26H14N2O4. The minimum Gasteiger partial charge on any atom is -0.268 e. The van der Waals surface area contributed by atoms with Crippen LogP contribution in [0.25, 0.3) is 10.8 Å². The minimum absolute atomic E-state index is 0.290. The number of imide groups is 2. The van der Waals surface area contributed by atoms with Crippen LogP contribution in [-0.2, 0) is 0 Å². The molecule has 152 valence electrons. The average molecular weight is 418 g/mol. The minimum atomic E-state index is -0.484. The van der Waals surface area contributed by atoms with Crippen LogP contribution in [0.4, 0.5) is 11.4 Å². The van der Waals surface area contributed by atoms with Crippen molar-refractivity contribution in [3.63, 3.8) is 0 Å². The van der Waals surface area contributed by atoms with E-state index in [9.17, 15) is 19.2 Å². The molecular weight excluding hydrogens is 404 g/mol. The number of carbonyl (C=O) groups is 4. The Morgan fingerprint density at radius 2 is 0.656 bits per heavy atom. The predicted molar refractivity (Wildman–Crippen MR) is 119 cm³/mol. The summed E-state index contributed by atoms with van der Waals surface area (Å²) in [5.41, 5.74) is 2.08. The molecule has 0 bridgehead atoms. The zero-order chi connectivity index (χ0) is 22.0. The fourth-order valence-corrected chi connectivity index (χ4v) is 4.50. The highest BCUT2D eigenvalue weighted by atomic mass is 16.2. The topological polar surface area (TPSA) is 74.8 Å². The van der Waals surface area contributed by atoms with Crippen molar-refractivity contribution in [1.82, 2.24) is 0 Å². The largest absolute Gasteiger partial charge is 0.268 e. The molecule has 2 aliphatic rings. The number of amides is 4. The van der Waals surface area contributed by atoms with Crippen LogP contribution >= 0.6 is 0 Å². The second-order valence-electron chi connectivity index (χ2n) is 7.63. The first-order chi connectivity index (χ1) is 15.6. The number of hydrogen-bond donors (Lipinski definition) is 0. The number of anilines is 2. The second kappa shape index (κ2) is 6.46. The van der Waals surface area contributed by atoms with Gasteiger partial charge in [-0.2, -0.15) is 0 Å². The number of benzene rings is 4. The SMILES string of the molecule is O=C1c2ccc3c4c(ccc(c24)C(=O)N1c1ccccc1)C(=O)N(c1ccccc1)C3=O. The molecule has 0 N–H and O–H groups in total. The Bertz CT molecular complexity index is 1310. The van der Waals surface area contributed by atoms with Gasteiger partial charge in [0.1, 0.15) is 0 Å². The molecule has 6 heteroatoms. The van der Waals surface area contributed by atoms with Gasteiger partial charge in [0.15, 0.2) is 0 Å². The smallest absolute Gasteiger partial charge is 0.265 e. The maximum atomic E-state index is 13.3. The number of carbonyl (C=O) groups excluding carboxylic acids is 4. The van der Waals surface area contributed by atoms with Gasteiger partial charge in [-0.15, -0.1) is 0 Å². The van der Waals surface area contributed by atoms with Crippen LogP contribution in [0.2, 0.25) is 0 Å². The Kier molecular flexibility index (Phi) is 3.67. The number of nitrogens with zero attached hydrogens (tertiary/aromatic N) is 2. The molecule has 0 spiro atoms. The Hall–Kier alpha value is -4.58. The molecule has 2 heterocycles. The van der Waals surface area contributed by atoms with Crippen molar-refractivity contribution >= 4 is 45.8 Å². The number of rotatable bonds is 2. The van der Waals surface area contributed by atoms with Gasteiger partial charge in [0.05, 0.1) is 11.4 Å². The van der Waals surface area contributed by atoms with Crippen molar-refractivity contribution in [2.24, 2.45) is 0 Å². The Balaban J connectivity index is 1.59. The molecule has 6 nitrogen and oxygen atoms in total. The highest BCUT2D eigenvalue weighted by Gasteiger charge is 2.40. The molecule has 0 atom stereocenters.